The molecule has 0 aromatic heterocycles. The van der Waals surface area contributed by atoms with Gasteiger partial charge >= 0.3 is 0 Å². The lowest BCUT2D eigenvalue weighted by Gasteiger charge is -2.44. The minimum absolute atomic E-state index is 0. The number of piperazine rings is 1. The van der Waals surface area contributed by atoms with E-state index < -0.39 is 5.54 Å². The van der Waals surface area contributed by atoms with Crippen LogP contribution in [0, 0.1) is 0 Å². The average molecular weight is 266 g/mol. The fourth-order valence-electron chi connectivity index (χ4n) is 2.01. The van der Waals surface area contributed by atoms with E-state index in [9.17, 15) is 4.79 Å². The molecule has 0 saturated carbocycles. The Hall–Kier alpha value is -0.360. The fraction of sp³-hybridized carbons (Fsp3) is 0.909. The minimum atomic E-state index is -0.418. The third kappa shape index (κ3) is 4.10. The molecular formula is C11H24ClN3O2. The molecular weight excluding hydrogens is 242 g/mol. The quantitative estimate of drug-likeness (QED) is 0.708. The highest BCUT2D eigenvalue weighted by Crippen LogP contribution is 2.20. The van der Waals surface area contributed by atoms with Crippen LogP contribution in [0.2, 0.25) is 0 Å². The number of amides is 1. The Morgan fingerprint density at radius 1 is 1.35 bits per heavy atom. The summed E-state index contributed by atoms with van der Waals surface area (Å²) in [6.07, 6.45) is 0. The molecule has 17 heavy (non-hydrogen) atoms. The van der Waals surface area contributed by atoms with Gasteiger partial charge in [-0.15, -0.1) is 12.4 Å². The Morgan fingerprint density at radius 3 is 2.59 bits per heavy atom. The van der Waals surface area contributed by atoms with Crippen LogP contribution in [0.4, 0.5) is 0 Å². The van der Waals surface area contributed by atoms with Crippen molar-refractivity contribution in [3.05, 3.63) is 0 Å². The van der Waals surface area contributed by atoms with Crippen molar-refractivity contribution in [2.75, 3.05) is 46.4 Å². The van der Waals surface area contributed by atoms with Crippen LogP contribution in [0.1, 0.15) is 13.8 Å². The normalized spacial score (nSPS) is 20.2. The Morgan fingerprint density at radius 2 is 2.00 bits per heavy atom. The topological polar surface area (TPSA) is 58.8 Å². The standard InChI is InChI=1S/C11H23N3O2.ClH/c1-11(2)10(15)13(3)5-6-14(11)7-9-16-8-4-12;/h4-9,12H2,1-3H3;1H. The predicted molar refractivity (Wildman–Crippen MR) is 70.4 cm³/mol. The second-order valence-corrected chi connectivity index (χ2v) is 4.67. The molecule has 2 N–H and O–H groups in total. The number of hydrogen-bond acceptors (Lipinski definition) is 4. The van der Waals surface area contributed by atoms with Gasteiger partial charge in [0.1, 0.15) is 0 Å². The summed E-state index contributed by atoms with van der Waals surface area (Å²) >= 11 is 0. The van der Waals surface area contributed by atoms with E-state index in [2.05, 4.69) is 4.90 Å². The molecule has 0 atom stereocenters. The van der Waals surface area contributed by atoms with Gasteiger partial charge in [-0.3, -0.25) is 9.69 Å². The van der Waals surface area contributed by atoms with Gasteiger partial charge in [0.15, 0.2) is 0 Å². The molecule has 1 amide bonds. The van der Waals surface area contributed by atoms with Gasteiger partial charge in [-0.25, -0.2) is 0 Å². The van der Waals surface area contributed by atoms with E-state index in [4.69, 9.17) is 10.5 Å². The third-order valence-corrected chi connectivity index (χ3v) is 3.13. The monoisotopic (exact) mass is 265 g/mol. The van der Waals surface area contributed by atoms with E-state index in [0.717, 1.165) is 19.6 Å². The number of nitrogens with two attached hydrogens (primary N) is 1. The van der Waals surface area contributed by atoms with E-state index in [1.54, 1.807) is 4.90 Å². The van der Waals surface area contributed by atoms with Gasteiger partial charge in [0, 0.05) is 33.2 Å². The van der Waals surface area contributed by atoms with E-state index in [1.165, 1.54) is 0 Å². The third-order valence-electron chi connectivity index (χ3n) is 3.13. The first-order valence-electron chi connectivity index (χ1n) is 5.78. The molecule has 5 nitrogen and oxygen atoms in total. The zero-order valence-corrected chi connectivity index (χ0v) is 11.8. The fourth-order valence-corrected chi connectivity index (χ4v) is 2.01. The summed E-state index contributed by atoms with van der Waals surface area (Å²) in [6, 6.07) is 0. The second kappa shape index (κ2) is 7.16. The van der Waals surface area contributed by atoms with Crippen molar-refractivity contribution in [1.82, 2.24) is 9.80 Å². The molecule has 102 valence electrons. The number of carbonyl (C=O) groups excluding carboxylic acids is 1. The van der Waals surface area contributed by atoms with Crippen molar-refractivity contribution < 1.29 is 9.53 Å². The lowest BCUT2D eigenvalue weighted by Crippen LogP contribution is -2.62. The smallest absolute Gasteiger partial charge is 0.242 e. The molecule has 0 aliphatic carbocycles. The lowest BCUT2D eigenvalue weighted by molar-refractivity contribution is -0.147. The van der Waals surface area contributed by atoms with Crippen LogP contribution in [0.5, 0.6) is 0 Å². The maximum Gasteiger partial charge on any atom is 0.242 e. The van der Waals surface area contributed by atoms with Crippen molar-refractivity contribution >= 4 is 18.3 Å². The number of nitrogens with zero attached hydrogens (tertiary/aromatic N) is 2. The molecule has 0 radical (unpaired) electrons. The average Bonchev–Trinajstić information content (AvgIpc) is 2.24. The van der Waals surface area contributed by atoms with E-state index in [0.29, 0.717) is 19.8 Å². The summed E-state index contributed by atoms with van der Waals surface area (Å²) in [7, 11) is 1.85. The zero-order chi connectivity index (χ0) is 12.2. The summed E-state index contributed by atoms with van der Waals surface area (Å²) in [6.45, 7) is 8.18. The van der Waals surface area contributed by atoms with E-state index in [1.807, 2.05) is 20.9 Å². The summed E-state index contributed by atoms with van der Waals surface area (Å²) < 4.78 is 5.35. The van der Waals surface area contributed by atoms with Gasteiger partial charge in [0.2, 0.25) is 5.91 Å². The first-order valence-corrected chi connectivity index (χ1v) is 5.78. The Labute approximate surface area is 110 Å². The first-order chi connectivity index (χ1) is 7.50. The number of carbonyl (C=O) groups is 1. The van der Waals surface area contributed by atoms with Crippen LogP contribution in [0.3, 0.4) is 0 Å². The predicted octanol–water partition coefficient (Wildman–Crippen LogP) is -0.0639. The molecule has 0 unspecified atom stereocenters. The van der Waals surface area contributed by atoms with E-state index >= 15 is 0 Å². The van der Waals surface area contributed by atoms with Crippen LogP contribution in [-0.2, 0) is 9.53 Å². The zero-order valence-electron chi connectivity index (χ0n) is 10.9. The molecule has 1 aliphatic rings. The summed E-state index contributed by atoms with van der Waals surface area (Å²) in [5.74, 6) is 0.178. The number of halogens is 1. The van der Waals surface area contributed by atoms with Crippen LogP contribution < -0.4 is 5.73 Å². The first kappa shape index (κ1) is 16.6. The lowest BCUT2D eigenvalue weighted by atomic mass is 9.98. The second-order valence-electron chi connectivity index (χ2n) is 4.67. The summed E-state index contributed by atoms with van der Waals surface area (Å²) in [4.78, 5) is 15.9. The van der Waals surface area contributed by atoms with Crippen molar-refractivity contribution in [3.8, 4) is 0 Å². The highest BCUT2D eigenvalue weighted by molar-refractivity contribution is 5.86. The molecule has 6 heteroatoms. The molecule has 1 fully saturated rings. The van der Waals surface area contributed by atoms with Crippen molar-refractivity contribution in [3.63, 3.8) is 0 Å². The largest absolute Gasteiger partial charge is 0.379 e. The van der Waals surface area contributed by atoms with Gasteiger partial charge in [0.25, 0.3) is 0 Å². The molecule has 1 saturated heterocycles. The van der Waals surface area contributed by atoms with Crippen LogP contribution in [0.25, 0.3) is 0 Å². The molecule has 1 aliphatic heterocycles. The number of likely N-dealkylation sites (N-methyl/N-ethyl adjacent to an activating group) is 1. The van der Waals surface area contributed by atoms with Crippen LogP contribution >= 0.6 is 12.4 Å². The van der Waals surface area contributed by atoms with Crippen LogP contribution in [0.15, 0.2) is 0 Å². The molecule has 0 aromatic carbocycles. The Kier molecular flexibility index (Phi) is 7.01. The number of ether oxygens (including phenoxy) is 1. The van der Waals surface area contributed by atoms with Gasteiger partial charge in [0.05, 0.1) is 18.8 Å². The van der Waals surface area contributed by atoms with Gasteiger partial charge in [-0.1, -0.05) is 0 Å². The molecule has 0 aromatic rings. The number of hydrogen-bond donors (Lipinski definition) is 1. The maximum atomic E-state index is 12.0. The molecule has 1 heterocycles. The highest BCUT2D eigenvalue weighted by atomic mass is 35.5. The van der Waals surface area contributed by atoms with Gasteiger partial charge in [-0.05, 0) is 13.8 Å². The minimum Gasteiger partial charge on any atom is -0.379 e. The van der Waals surface area contributed by atoms with Crippen molar-refractivity contribution in [2.45, 2.75) is 19.4 Å². The summed E-state index contributed by atoms with van der Waals surface area (Å²) in [5.41, 5.74) is 4.92. The molecule has 0 bridgehead atoms. The van der Waals surface area contributed by atoms with Crippen molar-refractivity contribution in [1.29, 1.82) is 0 Å². The van der Waals surface area contributed by atoms with E-state index in [-0.39, 0.29) is 18.3 Å². The Balaban J connectivity index is 0.00000256. The van der Waals surface area contributed by atoms with Gasteiger partial charge in [-0.2, -0.15) is 0 Å². The van der Waals surface area contributed by atoms with Gasteiger partial charge < -0.3 is 15.4 Å². The Bertz CT molecular complexity index is 249. The SMILES string of the molecule is CN1CCN(CCOCCN)C(C)(C)C1=O.Cl. The molecule has 0 spiro atoms. The van der Waals surface area contributed by atoms with Crippen molar-refractivity contribution in [2.24, 2.45) is 5.73 Å². The maximum absolute atomic E-state index is 12.0. The highest BCUT2D eigenvalue weighted by Gasteiger charge is 2.39. The summed E-state index contributed by atoms with van der Waals surface area (Å²) in [5, 5.41) is 0. The molecule has 1 rings (SSSR count). The van der Waals surface area contributed by atoms with Crippen LogP contribution in [-0.4, -0.2) is 67.7 Å². The number of rotatable bonds is 5.